The van der Waals surface area contributed by atoms with Gasteiger partial charge < -0.3 is 16.0 Å². The van der Waals surface area contributed by atoms with Crippen molar-refractivity contribution in [1.29, 1.82) is 0 Å². The lowest BCUT2D eigenvalue weighted by molar-refractivity contribution is -0.162. The van der Waals surface area contributed by atoms with E-state index in [1.54, 1.807) is 4.90 Å². The van der Waals surface area contributed by atoms with Crippen LogP contribution >= 0.6 is 0 Å². The topological polar surface area (TPSA) is 82.1 Å². The molecule has 1 saturated heterocycles. The molecule has 0 spiro atoms. The minimum Gasteiger partial charge on any atom is -0.409 e. The Balaban J connectivity index is 2.81. The predicted molar refractivity (Wildman–Crippen MR) is 63.9 cm³/mol. The molecule has 8 heteroatoms. The zero-order chi connectivity index (χ0) is 14.5. The average molecular weight is 283 g/mol. The molecule has 1 heterocycles. The number of oxime groups is 1. The molecule has 2 atom stereocenters. The van der Waals surface area contributed by atoms with E-state index in [0.29, 0.717) is 13.0 Å². The van der Waals surface area contributed by atoms with Crippen LogP contribution < -0.4 is 5.73 Å². The first-order valence-corrected chi connectivity index (χ1v) is 6.29. The molecule has 19 heavy (non-hydrogen) atoms. The SMILES string of the molecule is NC(=NO)C(CN1CCCCCC1CO)C(F)(F)F. The Morgan fingerprint density at radius 3 is 2.58 bits per heavy atom. The van der Waals surface area contributed by atoms with Gasteiger partial charge in [-0.1, -0.05) is 18.0 Å². The predicted octanol–water partition coefficient (Wildman–Crippen LogP) is 1.15. The Hall–Kier alpha value is -1.02. The van der Waals surface area contributed by atoms with Gasteiger partial charge in [0.25, 0.3) is 0 Å². The molecule has 0 bridgehead atoms. The number of aliphatic hydroxyl groups is 1. The molecule has 1 aliphatic rings. The number of alkyl halides is 3. The molecule has 0 aromatic rings. The molecule has 2 unspecified atom stereocenters. The van der Waals surface area contributed by atoms with Crippen LogP contribution in [0.15, 0.2) is 5.16 Å². The summed E-state index contributed by atoms with van der Waals surface area (Å²) in [6.45, 7) is -0.0815. The van der Waals surface area contributed by atoms with Gasteiger partial charge in [-0.3, -0.25) is 4.90 Å². The molecule has 0 amide bonds. The molecule has 1 rings (SSSR count). The molecular formula is C11H20F3N3O2. The molecular weight excluding hydrogens is 263 g/mol. The normalized spacial score (nSPS) is 25.1. The van der Waals surface area contributed by atoms with E-state index in [4.69, 9.17) is 10.9 Å². The second-order valence-electron chi connectivity index (χ2n) is 4.80. The number of nitrogens with two attached hydrogens (primary N) is 1. The van der Waals surface area contributed by atoms with E-state index in [1.807, 2.05) is 0 Å². The van der Waals surface area contributed by atoms with Gasteiger partial charge in [-0.25, -0.2) is 0 Å². The minimum absolute atomic E-state index is 0.180. The van der Waals surface area contributed by atoms with Crippen molar-refractivity contribution in [2.75, 3.05) is 19.7 Å². The van der Waals surface area contributed by atoms with E-state index in [0.717, 1.165) is 19.3 Å². The summed E-state index contributed by atoms with van der Waals surface area (Å²) in [7, 11) is 0. The van der Waals surface area contributed by atoms with Crippen molar-refractivity contribution in [3.63, 3.8) is 0 Å². The van der Waals surface area contributed by atoms with E-state index in [1.165, 1.54) is 0 Å². The van der Waals surface area contributed by atoms with Crippen molar-refractivity contribution in [3.05, 3.63) is 0 Å². The van der Waals surface area contributed by atoms with Crippen LogP contribution in [0, 0.1) is 5.92 Å². The third-order valence-corrected chi connectivity index (χ3v) is 3.49. The fraction of sp³-hybridized carbons (Fsp3) is 0.909. The Kier molecular flexibility index (Phi) is 5.86. The Labute approximate surface area is 109 Å². The van der Waals surface area contributed by atoms with Crippen LogP contribution in [-0.2, 0) is 0 Å². The van der Waals surface area contributed by atoms with Crippen LogP contribution in [0.1, 0.15) is 25.7 Å². The quantitative estimate of drug-likeness (QED) is 0.313. The van der Waals surface area contributed by atoms with E-state index in [2.05, 4.69) is 5.16 Å². The third-order valence-electron chi connectivity index (χ3n) is 3.49. The second kappa shape index (κ2) is 6.95. The van der Waals surface area contributed by atoms with Crippen molar-refractivity contribution in [3.8, 4) is 0 Å². The monoisotopic (exact) mass is 283 g/mol. The zero-order valence-corrected chi connectivity index (χ0v) is 10.6. The maximum Gasteiger partial charge on any atom is 0.400 e. The number of halogens is 3. The molecule has 1 aliphatic heterocycles. The van der Waals surface area contributed by atoms with Crippen LogP contribution in [0.4, 0.5) is 13.2 Å². The summed E-state index contributed by atoms with van der Waals surface area (Å²) >= 11 is 0. The number of likely N-dealkylation sites (tertiary alicyclic amines) is 1. The number of nitrogens with zero attached hydrogens (tertiary/aromatic N) is 2. The second-order valence-corrected chi connectivity index (χ2v) is 4.80. The molecule has 0 saturated carbocycles. The number of hydrogen-bond donors (Lipinski definition) is 3. The highest BCUT2D eigenvalue weighted by Crippen LogP contribution is 2.29. The maximum atomic E-state index is 12.9. The molecule has 0 radical (unpaired) electrons. The minimum atomic E-state index is -4.57. The van der Waals surface area contributed by atoms with E-state index in [-0.39, 0.29) is 19.2 Å². The van der Waals surface area contributed by atoms with E-state index >= 15 is 0 Å². The van der Waals surface area contributed by atoms with Gasteiger partial charge in [-0.15, -0.1) is 0 Å². The highest BCUT2D eigenvalue weighted by Gasteiger charge is 2.44. The lowest BCUT2D eigenvalue weighted by Crippen LogP contribution is -2.48. The summed E-state index contributed by atoms with van der Waals surface area (Å²) in [5.74, 6) is -2.85. The average Bonchev–Trinajstić information content (AvgIpc) is 2.58. The number of amidine groups is 1. The van der Waals surface area contributed by atoms with Crippen molar-refractivity contribution in [2.45, 2.75) is 37.9 Å². The highest BCUT2D eigenvalue weighted by molar-refractivity contribution is 5.83. The third kappa shape index (κ3) is 4.54. The maximum absolute atomic E-state index is 12.9. The van der Waals surface area contributed by atoms with Crippen LogP contribution in [0.25, 0.3) is 0 Å². The van der Waals surface area contributed by atoms with Gasteiger partial charge in [0.1, 0.15) is 5.92 Å². The smallest absolute Gasteiger partial charge is 0.400 e. The molecule has 5 nitrogen and oxygen atoms in total. The summed E-state index contributed by atoms with van der Waals surface area (Å²) in [5, 5.41) is 20.2. The van der Waals surface area contributed by atoms with Crippen molar-refractivity contribution < 1.29 is 23.5 Å². The summed E-state index contributed by atoms with van der Waals surface area (Å²) in [4.78, 5) is 1.59. The van der Waals surface area contributed by atoms with Gasteiger partial charge in [0.15, 0.2) is 5.84 Å². The molecule has 1 fully saturated rings. The summed E-state index contributed by atoms with van der Waals surface area (Å²) in [6.07, 6.45) is -1.29. The van der Waals surface area contributed by atoms with E-state index < -0.39 is 17.9 Å². The molecule has 0 aliphatic carbocycles. The lowest BCUT2D eigenvalue weighted by Gasteiger charge is -2.32. The van der Waals surface area contributed by atoms with Crippen molar-refractivity contribution >= 4 is 5.84 Å². The molecule has 4 N–H and O–H groups in total. The summed E-state index contributed by atoms with van der Waals surface area (Å²) in [6, 6.07) is -0.293. The molecule has 0 aromatic heterocycles. The fourth-order valence-electron chi connectivity index (χ4n) is 2.35. The van der Waals surface area contributed by atoms with Crippen molar-refractivity contribution in [1.82, 2.24) is 4.90 Å². The number of hydrogen-bond acceptors (Lipinski definition) is 4. The van der Waals surface area contributed by atoms with Crippen LogP contribution in [-0.4, -0.2) is 53.0 Å². The van der Waals surface area contributed by atoms with Gasteiger partial charge in [0.2, 0.25) is 0 Å². The first-order chi connectivity index (χ1) is 8.90. The standard InChI is InChI=1S/C11H20F3N3O2/c12-11(13,14)9(10(15)16-19)6-17-5-3-1-2-4-8(17)7-18/h8-9,18-19H,1-7H2,(H2,15,16). The Morgan fingerprint density at radius 1 is 1.37 bits per heavy atom. The Bertz CT molecular complexity index is 310. The van der Waals surface area contributed by atoms with E-state index in [9.17, 15) is 18.3 Å². The first-order valence-electron chi connectivity index (χ1n) is 6.29. The van der Waals surface area contributed by atoms with Gasteiger partial charge in [-0.05, 0) is 19.4 Å². The molecule has 0 aromatic carbocycles. The van der Waals surface area contributed by atoms with Gasteiger partial charge >= 0.3 is 6.18 Å². The summed E-state index contributed by atoms with van der Waals surface area (Å²) < 4.78 is 38.7. The van der Waals surface area contributed by atoms with Gasteiger partial charge in [0, 0.05) is 12.6 Å². The number of aliphatic hydroxyl groups excluding tert-OH is 1. The fourth-order valence-corrected chi connectivity index (χ4v) is 2.35. The van der Waals surface area contributed by atoms with Crippen LogP contribution in [0.2, 0.25) is 0 Å². The highest BCUT2D eigenvalue weighted by atomic mass is 19.4. The summed E-state index contributed by atoms with van der Waals surface area (Å²) in [5.41, 5.74) is 5.14. The largest absolute Gasteiger partial charge is 0.409 e. The van der Waals surface area contributed by atoms with Gasteiger partial charge in [0.05, 0.1) is 6.61 Å². The van der Waals surface area contributed by atoms with Crippen molar-refractivity contribution in [2.24, 2.45) is 16.8 Å². The Morgan fingerprint density at radius 2 is 2.05 bits per heavy atom. The first kappa shape index (κ1) is 16.0. The van der Waals surface area contributed by atoms with Gasteiger partial charge in [-0.2, -0.15) is 13.2 Å². The zero-order valence-electron chi connectivity index (χ0n) is 10.6. The number of rotatable bonds is 4. The molecule has 112 valence electrons. The van der Waals surface area contributed by atoms with Crippen LogP contribution in [0.3, 0.4) is 0 Å². The lowest BCUT2D eigenvalue weighted by atomic mass is 10.1. The van der Waals surface area contributed by atoms with Crippen LogP contribution in [0.5, 0.6) is 0 Å².